The van der Waals surface area contributed by atoms with Crippen LogP contribution in [0.25, 0.3) is 10.8 Å². The molecule has 36 heavy (non-hydrogen) atoms. The highest BCUT2D eigenvalue weighted by Crippen LogP contribution is 2.32. The van der Waals surface area contributed by atoms with Gasteiger partial charge in [0.15, 0.2) is 0 Å². The summed E-state index contributed by atoms with van der Waals surface area (Å²) in [6.07, 6.45) is -3.43. The molecule has 3 aromatic rings. The molecule has 2 N–H and O–H groups in total. The Morgan fingerprint density at radius 3 is 2.25 bits per heavy atom. The Balaban J connectivity index is 1.33. The number of rotatable bonds is 8. The Hall–Kier alpha value is -3.02. The molecule has 1 heterocycles. The van der Waals surface area contributed by atoms with E-state index in [0.29, 0.717) is 48.6 Å². The summed E-state index contributed by atoms with van der Waals surface area (Å²) >= 11 is 0. The Kier molecular flexibility index (Phi) is 7.62. The SMILES string of the molecule is CN(C)c1cccc2c(S(=O)(=O)N3CCC(NCNc4ccc(OC(F)(F)F)cc4)CC3)cccc12. The minimum atomic E-state index is -4.72. The summed E-state index contributed by atoms with van der Waals surface area (Å²) in [5.41, 5.74) is 1.60. The number of nitrogens with one attached hydrogen (secondary N) is 2. The standard InChI is InChI=1S/C25H29F3N4O3S/c1-31(2)23-7-3-6-22-21(23)5-4-8-24(22)36(33,34)32-15-13-19(14-16-32)30-17-29-18-9-11-20(12-10-18)35-25(26,27)28/h3-12,19,29-30H,13-17H2,1-2H3. The summed E-state index contributed by atoms with van der Waals surface area (Å²) in [5, 5.41) is 8.04. The maximum Gasteiger partial charge on any atom is 0.573 e. The van der Waals surface area contributed by atoms with Gasteiger partial charge < -0.3 is 15.0 Å². The average molecular weight is 523 g/mol. The van der Waals surface area contributed by atoms with Gasteiger partial charge in [0.05, 0.1) is 11.6 Å². The first kappa shape index (κ1) is 26.1. The number of anilines is 2. The molecule has 1 aliphatic heterocycles. The largest absolute Gasteiger partial charge is 0.573 e. The third-order valence-corrected chi connectivity index (χ3v) is 8.14. The van der Waals surface area contributed by atoms with E-state index in [1.54, 1.807) is 12.1 Å². The van der Waals surface area contributed by atoms with Gasteiger partial charge in [-0.05, 0) is 49.2 Å². The zero-order valence-corrected chi connectivity index (χ0v) is 20.9. The summed E-state index contributed by atoms with van der Waals surface area (Å²) < 4.78 is 69.2. The fourth-order valence-electron chi connectivity index (χ4n) is 4.39. The van der Waals surface area contributed by atoms with Gasteiger partial charge in [-0.2, -0.15) is 4.31 Å². The molecular weight excluding hydrogens is 493 g/mol. The van der Waals surface area contributed by atoms with E-state index in [9.17, 15) is 21.6 Å². The minimum Gasteiger partial charge on any atom is -0.406 e. The number of halogens is 3. The molecule has 0 spiro atoms. The molecule has 0 bridgehead atoms. The van der Waals surface area contributed by atoms with Gasteiger partial charge in [0.2, 0.25) is 10.0 Å². The van der Waals surface area contributed by atoms with Crippen molar-refractivity contribution in [3.8, 4) is 5.75 Å². The van der Waals surface area contributed by atoms with Crippen molar-refractivity contribution in [1.29, 1.82) is 0 Å². The van der Waals surface area contributed by atoms with Crippen LogP contribution in [0.15, 0.2) is 65.6 Å². The number of hydrogen-bond acceptors (Lipinski definition) is 6. The lowest BCUT2D eigenvalue weighted by Gasteiger charge is -2.32. The van der Waals surface area contributed by atoms with Gasteiger partial charge in [-0.3, -0.25) is 5.32 Å². The number of hydrogen-bond donors (Lipinski definition) is 2. The Bertz CT molecular complexity index is 1290. The van der Waals surface area contributed by atoms with E-state index in [1.165, 1.54) is 28.6 Å². The molecule has 0 aliphatic carbocycles. The van der Waals surface area contributed by atoms with E-state index in [2.05, 4.69) is 15.4 Å². The molecule has 0 saturated carbocycles. The van der Waals surface area contributed by atoms with Crippen molar-refractivity contribution in [2.24, 2.45) is 0 Å². The number of sulfonamides is 1. The fraction of sp³-hybridized carbons (Fsp3) is 0.360. The van der Waals surface area contributed by atoms with E-state index < -0.39 is 16.4 Å². The fourth-order valence-corrected chi connectivity index (χ4v) is 6.07. The highest BCUT2D eigenvalue weighted by atomic mass is 32.2. The molecule has 1 saturated heterocycles. The molecule has 7 nitrogen and oxygen atoms in total. The van der Waals surface area contributed by atoms with Crippen molar-refractivity contribution in [2.75, 3.05) is 44.1 Å². The second-order valence-electron chi connectivity index (χ2n) is 8.83. The van der Waals surface area contributed by atoms with Crippen molar-refractivity contribution < 1.29 is 26.3 Å². The van der Waals surface area contributed by atoms with E-state index in [-0.39, 0.29) is 11.8 Å². The van der Waals surface area contributed by atoms with Crippen LogP contribution in [0.5, 0.6) is 5.75 Å². The Morgan fingerprint density at radius 2 is 1.61 bits per heavy atom. The summed E-state index contributed by atoms with van der Waals surface area (Å²) in [6, 6.07) is 16.7. The maximum absolute atomic E-state index is 13.5. The molecule has 0 amide bonds. The lowest BCUT2D eigenvalue weighted by Crippen LogP contribution is -2.45. The first-order chi connectivity index (χ1) is 17.0. The average Bonchev–Trinajstić information content (AvgIpc) is 2.83. The van der Waals surface area contributed by atoms with Crippen LogP contribution < -0.4 is 20.3 Å². The molecule has 194 valence electrons. The Labute approximate surface area is 208 Å². The molecule has 1 aliphatic rings. The van der Waals surface area contributed by atoms with Crippen molar-refractivity contribution in [2.45, 2.75) is 30.1 Å². The lowest BCUT2D eigenvalue weighted by molar-refractivity contribution is -0.274. The molecule has 0 radical (unpaired) electrons. The third kappa shape index (κ3) is 6.03. The second kappa shape index (κ2) is 10.5. The quantitative estimate of drug-likeness (QED) is 0.421. The van der Waals surface area contributed by atoms with Crippen LogP contribution in [0.1, 0.15) is 12.8 Å². The molecule has 1 fully saturated rings. The van der Waals surface area contributed by atoms with Crippen LogP contribution in [0.3, 0.4) is 0 Å². The molecule has 3 aromatic carbocycles. The molecule has 4 rings (SSSR count). The van der Waals surface area contributed by atoms with E-state index in [4.69, 9.17) is 0 Å². The predicted octanol–water partition coefficient (Wildman–Crippen LogP) is 4.62. The highest BCUT2D eigenvalue weighted by molar-refractivity contribution is 7.89. The van der Waals surface area contributed by atoms with E-state index >= 15 is 0 Å². The van der Waals surface area contributed by atoms with Gasteiger partial charge in [-0.1, -0.05) is 24.3 Å². The lowest BCUT2D eigenvalue weighted by atomic mass is 10.1. The molecule has 0 aromatic heterocycles. The highest BCUT2D eigenvalue weighted by Gasteiger charge is 2.31. The molecular formula is C25H29F3N4O3S. The van der Waals surface area contributed by atoms with E-state index in [0.717, 1.165) is 11.1 Å². The van der Waals surface area contributed by atoms with E-state index in [1.807, 2.05) is 43.3 Å². The monoisotopic (exact) mass is 522 g/mol. The zero-order valence-electron chi connectivity index (χ0n) is 20.0. The Morgan fingerprint density at radius 1 is 0.972 bits per heavy atom. The first-order valence-corrected chi connectivity index (χ1v) is 13.0. The summed E-state index contributed by atoms with van der Waals surface area (Å²) in [5.74, 6) is -0.279. The van der Waals surface area contributed by atoms with Crippen molar-refractivity contribution in [3.63, 3.8) is 0 Å². The number of nitrogens with zero attached hydrogens (tertiary/aromatic N) is 2. The van der Waals surface area contributed by atoms with Crippen LogP contribution in [0.4, 0.5) is 24.5 Å². The van der Waals surface area contributed by atoms with Crippen LogP contribution in [0.2, 0.25) is 0 Å². The van der Waals surface area contributed by atoms with Gasteiger partial charge in [0, 0.05) is 55.4 Å². The maximum atomic E-state index is 13.5. The van der Waals surface area contributed by atoms with Crippen LogP contribution in [-0.2, 0) is 10.0 Å². The summed E-state index contributed by atoms with van der Waals surface area (Å²) in [6.45, 7) is 1.19. The van der Waals surface area contributed by atoms with Crippen LogP contribution >= 0.6 is 0 Å². The molecule has 0 unspecified atom stereocenters. The van der Waals surface area contributed by atoms with Crippen molar-refractivity contribution >= 4 is 32.2 Å². The first-order valence-electron chi connectivity index (χ1n) is 11.6. The molecule has 0 atom stereocenters. The second-order valence-corrected chi connectivity index (χ2v) is 10.7. The van der Waals surface area contributed by atoms with Gasteiger partial charge in [-0.25, -0.2) is 8.42 Å². The minimum absolute atomic E-state index is 0.115. The predicted molar refractivity (Wildman–Crippen MR) is 135 cm³/mol. The molecule has 11 heteroatoms. The summed E-state index contributed by atoms with van der Waals surface area (Å²) in [7, 11) is 0.205. The number of piperidine rings is 1. The van der Waals surface area contributed by atoms with Gasteiger partial charge in [0.1, 0.15) is 5.75 Å². The van der Waals surface area contributed by atoms with Gasteiger partial charge >= 0.3 is 6.36 Å². The smallest absolute Gasteiger partial charge is 0.406 e. The number of alkyl halides is 3. The third-order valence-electron chi connectivity index (χ3n) is 6.18. The zero-order chi connectivity index (χ0) is 25.9. The number of fused-ring (bicyclic) bond motifs is 1. The van der Waals surface area contributed by atoms with Crippen molar-refractivity contribution in [3.05, 3.63) is 60.7 Å². The van der Waals surface area contributed by atoms with Gasteiger partial charge in [0.25, 0.3) is 0 Å². The number of benzene rings is 3. The van der Waals surface area contributed by atoms with Crippen LogP contribution in [0, 0.1) is 0 Å². The summed E-state index contributed by atoms with van der Waals surface area (Å²) in [4.78, 5) is 2.28. The normalized spacial score (nSPS) is 15.7. The van der Waals surface area contributed by atoms with Crippen LogP contribution in [-0.4, -0.2) is 59.0 Å². The van der Waals surface area contributed by atoms with Gasteiger partial charge in [-0.15, -0.1) is 13.2 Å². The topological polar surface area (TPSA) is 73.9 Å². The number of ether oxygens (including phenoxy) is 1. The van der Waals surface area contributed by atoms with Crippen molar-refractivity contribution in [1.82, 2.24) is 9.62 Å².